The Morgan fingerprint density at radius 2 is 2.09 bits per heavy atom. The monoisotopic (exact) mass is 333 g/mol. The summed E-state index contributed by atoms with van der Waals surface area (Å²) in [5.74, 6) is 0.0823. The Bertz CT molecular complexity index is 784. The maximum atomic E-state index is 12.0. The zero-order valence-electron chi connectivity index (χ0n) is 12.7. The number of carbonyl (C=O) groups is 1. The Morgan fingerprint density at radius 1 is 1.30 bits per heavy atom. The van der Waals surface area contributed by atoms with Crippen LogP contribution in [0.15, 0.2) is 42.7 Å². The van der Waals surface area contributed by atoms with Gasteiger partial charge in [0.1, 0.15) is 0 Å². The third-order valence-corrected chi connectivity index (χ3v) is 5.74. The summed E-state index contributed by atoms with van der Waals surface area (Å²) in [6.07, 6.45) is 4.19. The highest BCUT2D eigenvalue weighted by atomic mass is 32.2. The molecular formula is C16H19N3O3S. The molecule has 1 fully saturated rings. The van der Waals surface area contributed by atoms with Crippen molar-refractivity contribution in [2.24, 2.45) is 5.92 Å². The standard InChI is InChI=1S/C16H19N3O3S/c20-16(8-14-6-7-23(21,22)12-14)18-15-9-17-19(11-15)10-13-4-2-1-3-5-13/h1-5,9,11,14H,6-8,10,12H2,(H,18,20)/t14-/m0/s1. The van der Waals surface area contributed by atoms with Crippen molar-refractivity contribution < 1.29 is 13.2 Å². The van der Waals surface area contributed by atoms with Gasteiger partial charge in [-0.2, -0.15) is 5.10 Å². The highest BCUT2D eigenvalue weighted by Gasteiger charge is 2.29. The van der Waals surface area contributed by atoms with Crippen molar-refractivity contribution in [3.8, 4) is 0 Å². The lowest BCUT2D eigenvalue weighted by Gasteiger charge is -2.07. The Morgan fingerprint density at radius 3 is 2.78 bits per heavy atom. The van der Waals surface area contributed by atoms with Gasteiger partial charge in [-0.25, -0.2) is 8.42 Å². The SMILES string of the molecule is O=C(C[C@@H]1CCS(=O)(=O)C1)Nc1cnn(Cc2ccccc2)c1. The van der Waals surface area contributed by atoms with Gasteiger partial charge in [0.2, 0.25) is 5.91 Å². The van der Waals surface area contributed by atoms with Crippen molar-refractivity contribution in [1.29, 1.82) is 0 Å². The van der Waals surface area contributed by atoms with Crippen LogP contribution in [0.25, 0.3) is 0 Å². The largest absolute Gasteiger partial charge is 0.323 e. The number of nitrogens with one attached hydrogen (secondary N) is 1. The molecule has 1 N–H and O–H groups in total. The second-order valence-corrected chi connectivity index (χ2v) is 8.16. The number of benzene rings is 1. The molecule has 2 aromatic rings. The normalized spacial score (nSPS) is 19.6. The van der Waals surface area contributed by atoms with Gasteiger partial charge in [0.25, 0.3) is 0 Å². The summed E-state index contributed by atoms with van der Waals surface area (Å²) in [4.78, 5) is 12.0. The quantitative estimate of drug-likeness (QED) is 0.903. The zero-order chi connectivity index (χ0) is 16.3. The molecule has 0 bridgehead atoms. The van der Waals surface area contributed by atoms with Gasteiger partial charge in [-0.1, -0.05) is 30.3 Å². The van der Waals surface area contributed by atoms with Crippen molar-refractivity contribution >= 4 is 21.4 Å². The number of nitrogens with zero attached hydrogens (tertiary/aromatic N) is 2. The number of anilines is 1. The number of hydrogen-bond acceptors (Lipinski definition) is 4. The van der Waals surface area contributed by atoms with Crippen molar-refractivity contribution in [1.82, 2.24) is 9.78 Å². The van der Waals surface area contributed by atoms with Gasteiger partial charge in [0.15, 0.2) is 9.84 Å². The highest BCUT2D eigenvalue weighted by molar-refractivity contribution is 7.91. The van der Waals surface area contributed by atoms with Gasteiger partial charge in [0.05, 0.1) is 29.9 Å². The summed E-state index contributed by atoms with van der Waals surface area (Å²) >= 11 is 0. The summed E-state index contributed by atoms with van der Waals surface area (Å²) in [6.45, 7) is 0.636. The summed E-state index contributed by atoms with van der Waals surface area (Å²) in [5.41, 5.74) is 1.76. The molecule has 0 unspecified atom stereocenters. The fraction of sp³-hybridized carbons (Fsp3) is 0.375. The van der Waals surface area contributed by atoms with Gasteiger partial charge >= 0.3 is 0 Å². The fourth-order valence-corrected chi connectivity index (χ4v) is 4.65. The van der Waals surface area contributed by atoms with Crippen LogP contribution in [0.3, 0.4) is 0 Å². The lowest BCUT2D eigenvalue weighted by Crippen LogP contribution is -2.17. The third kappa shape index (κ3) is 4.41. The lowest BCUT2D eigenvalue weighted by atomic mass is 10.1. The van der Waals surface area contributed by atoms with E-state index in [1.54, 1.807) is 17.1 Å². The first-order chi connectivity index (χ1) is 11.0. The molecule has 7 heteroatoms. The Balaban J connectivity index is 1.53. The minimum absolute atomic E-state index is 0.0700. The summed E-state index contributed by atoms with van der Waals surface area (Å²) in [5, 5.41) is 7.01. The van der Waals surface area contributed by atoms with Crippen LogP contribution in [0.2, 0.25) is 0 Å². The molecule has 0 radical (unpaired) electrons. The second-order valence-electron chi connectivity index (χ2n) is 5.93. The number of amides is 1. The van der Waals surface area contributed by atoms with Crippen LogP contribution in [0.4, 0.5) is 5.69 Å². The van der Waals surface area contributed by atoms with Crippen LogP contribution in [0.5, 0.6) is 0 Å². The first-order valence-electron chi connectivity index (χ1n) is 7.57. The van der Waals surface area contributed by atoms with E-state index >= 15 is 0 Å². The molecule has 1 aromatic heterocycles. The lowest BCUT2D eigenvalue weighted by molar-refractivity contribution is -0.116. The summed E-state index contributed by atoms with van der Waals surface area (Å²) < 4.78 is 24.6. The van der Waals surface area contributed by atoms with E-state index in [9.17, 15) is 13.2 Å². The number of sulfone groups is 1. The predicted octanol–water partition coefficient (Wildman–Crippen LogP) is 1.69. The zero-order valence-corrected chi connectivity index (χ0v) is 13.5. The molecule has 23 heavy (non-hydrogen) atoms. The van der Waals surface area contributed by atoms with Crippen LogP contribution in [0, 0.1) is 5.92 Å². The molecule has 0 aliphatic carbocycles. The first kappa shape index (κ1) is 15.7. The molecule has 1 aliphatic heterocycles. The highest BCUT2D eigenvalue weighted by Crippen LogP contribution is 2.22. The number of carbonyl (C=O) groups excluding carboxylic acids is 1. The smallest absolute Gasteiger partial charge is 0.224 e. The Hall–Kier alpha value is -2.15. The van der Waals surface area contributed by atoms with Gasteiger partial charge < -0.3 is 5.32 Å². The van der Waals surface area contributed by atoms with E-state index in [1.165, 1.54) is 0 Å². The van der Waals surface area contributed by atoms with Gasteiger partial charge in [-0.3, -0.25) is 9.48 Å². The molecule has 0 saturated carbocycles. The van der Waals surface area contributed by atoms with Crippen LogP contribution >= 0.6 is 0 Å². The molecule has 2 heterocycles. The van der Waals surface area contributed by atoms with Crippen molar-refractivity contribution in [3.63, 3.8) is 0 Å². The van der Waals surface area contributed by atoms with Crippen LogP contribution in [-0.2, 0) is 21.2 Å². The third-order valence-electron chi connectivity index (χ3n) is 3.91. The Kier molecular flexibility index (Phi) is 4.47. The minimum atomic E-state index is -2.94. The number of rotatable bonds is 5. The second kappa shape index (κ2) is 6.54. The molecule has 1 aromatic carbocycles. The van der Waals surface area contributed by atoms with E-state index in [1.807, 2.05) is 30.3 Å². The molecule has 1 atom stereocenters. The van der Waals surface area contributed by atoms with E-state index in [2.05, 4.69) is 10.4 Å². The van der Waals surface area contributed by atoms with Gasteiger partial charge in [0, 0.05) is 12.6 Å². The van der Waals surface area contributed by atoms with Crippen molar-refractivity contribution in [2.75, 3.05) is 16.8 Å². The van der Waals surface area contributed by atoms with Crippen molar-refractivity contribution in [2.45, 2.75) is 19.4 Å². The van der Waals surface area contributed by atoms with Gasteiger partial charge in [-0.05, 0) is 17.9 Å². The van der Waals surface area contributed by atoms with E-state index in [-0.39, 0.29) is 29.8 Å². The van der Waals surface area contributed by atoms with Crippen LogP contribution < -0.4 is 5.32 Å². The van der Waals surface area contributed by atoms with E-state index in [0.29, 0.717) is 18.7 Å². The first-order valence-corrected chi connectivity index (χ1v) is 9.39. The van der Waals surface area contributed by atoms with E-state index in [0.717, 1.165) is 5.56 Å². The summed E-state index contributed by atoms with van der Waals surface area (Å²) in [6, 6.07) is 9.93. The average molecular weight is 333 g/mol. The molecule has 0 spiro atoms. The van der Waals surface area contributed by atoms with Crippen LogP contribution in [0.1, 0.15) is 18.4 Å². The Labute approximate surface area is 135 Å². The molecule has 6 nitrogen and oxygen atoms in total. The molecule has 3 rings (SSSR count). The molecule has 1 amide bonds. The molecule has 1 aliphatic rings. The average Bonchev–Trinajstić information content (AvgIpc) is 3.06. The number of aromatic nitrogens is 2. The molecule has 122 valence electrons. The maximum absolute atomic E-state index is 12.0. The van der Waals surface area contributed by atoms with Gasteiger partial charge in [-0.15, -0.1) is 0 Å². The van der Waals surface area contributed by atoms with Crippen molar-refractivity contribution in [3.05, 3.63) is 48.3 Å². The molecule has 1 saturated heterocycles. The van der Waals surface area contributed by atoms with E-state index < -0.39 is 9.84 Å². The summed E-state index contributed by atoms with van der Waals surface area (Å²) in [7, 11) is -2.94. The fourth-order valence-electron chi connectivity index (χ4n) is 2.79. The van der Waals surface area contributed by atoms with Crippen LogP contribution in [-0.4, -0.2) is 35.6 Å². The van der Waals surface area contributed by atoms with E-state index in [4.69, 9.17) is 0 Å². The number of hydrogen-bond donors (Lipinski definition) is 1. The predicted molar refractivity (Wildman–Crippen MR) is 87.8 cm³/mol. The topological polar surface area (TPSA) is 81.1 Å². The maximum Gasteiger partial charge on any atom is 0.224 e. The molecular weight excluding hydrogens is 314 g/mol. The minimum Gasteiger partial charge on any atom is -0.323 e.